The molecule has 2 atom stereocenters. The maximum Gasteiger partial charge on any atom is 0.240 e. The van der Waals surface area contributed by atoms with Crippen LogP contribution in [0.2, 0.25) is 0 Å². The normalized spacial score (nSPS) is 13.3. The van der Waals surface area contributed by atoms with E-state index in [9.17, 15) is 13.2 Å². The minimum Gasteiger partial charge on any atom is -0.348 e. The molecule has 2 aromatic rings. The zero-order chi connectivity index (χ0) is 18.4. The van der Waals surface area contributed by atoms with Crippen molar-refractivity contribution < 1.29 is 13.2 Å². The molecule has 0 saturated carbocycles. The van der Waals surface area contributed by atoms with Gasteiger partial charge in [0, 0.05) is 0 Å². The van der Waals surface area contributed by atoms with E-state index in [-0.39, 0.29) is 29.3 Å². The van der Waals surface area contributed by atoms with Crippen LogP contribution < -0.4 is 15.8 Å². The van der Waals surface area contributed by atoms with Crippen LogP contribution in [0.15, 0.2) is 59.5 Å². The summed E-state index contributed by atoms with van der Waals surface area (Å²) >= 11 is 0. The number of nitrogens with two attached hydrogens (primary N) is 1. The lowest BCUT2D eigenvalue weighted by molar-refractivity contribution is -0.123. The Bertz CT molecular complexity index is 829. The summed E-state index contributed by atoms with van der Waals surface area (Å²) in [6, 6.07) is 15.0. The molecule has 0 bridgehead atoms. The Hall–Kier alpha value is -1.93. The molecule has 0 radical (unpaired) electrons. The van der Waals surface area contributed by atoms with E-state index < -0.39 is 16.1 Å². The largest absolute Gasteiger partial charge is 0.348 e. The predicted molar refractivity (Wildman–Crippen MR) is 105 cm³/mol. The van der Waals surface area contributed by atoms with Crippen LogP contribution in [0.1, 0.15) is 24.1 Å². The fraction of sp³-hybridized carbons (Fsp3) is 0.278. The number of carbonyl (C=O) groups excluding carboxylic acids is 1. The van der Waals surface area contributed by atoms with Crippen molar-refractivity contribution in [3.8, 4) is 0 Å². The summed E-state index contributed by atoms with van der Waals surface area (Å²) in [5, 5.41) is 2.83. The second-order valence-corrected chi connectivity index (χ2v) is 7.69. The minimum absolute atomic E-state index is 0. The smallest absolute Gasteiger partial charge is 0.240 e. The van der Waals surface area contributed by atoms with Crippen LogP contribution in [-0.2, 0) is 21.2 Å². The van der Waals surface area contributed by atoms with Crippen LogP contribution in [0.3, 0.4) is 0 Å². The zero-order valence-electron chi connectivity index (χ0n) is 14.7. The van der Waals surface area contributed by atoms with Gasteiger partial charge in [0.25, 0.3) is 0 Å². The summed E-state index contributed by atoms with van der Waals surface area (Å²) in [6.45, 7) is 1.79. The number of nitrogens with one attached hydrogen (secondary N) is 2. The van der Waals surface area contributed by atoms with E-state index in [4.69, 9.17) is 5.73 Å². The zero-order valence-corrected chi connectivity index (χ0v) is 16.3. The van der Waals surface area contributed by atoms with Gasteiger partial charge in [-0.15, -0.1) is 12.4 Å². The van der Waals surface area contributed by atoms with E-state index in [0.29, 0.717) is 12.0 Å². The van der Waals surface area contributed by atoms with Gasteiger partial charge in [-0.1, -0.05) is 42.5 Å². The molecule has 0 aliphatic carbocycles. The molecule has 0 fully saturated rings. The molecular formula is C18H24ClN3O3S. The highest BCUT2D eigenvalue weighted by atomic mass is 35.5. The highest BCUT2D eigenvalue weighted by Crippen LogP contribution is 2.17. The van der Waals surface area contributed by atoms with E-state index in [1.807, 2.05) is 30.3 Å². The second kappa shape index (κ2) is 9.68. The van der Waals surface area contributed by atoms with Gasteiger partial charge in [0.05, 0.1) is 17.0 Å². The van der Waals surface area contributed by atoms with Gasteiger partial charge in [0.2, 0.25) is 15.9 Å². The lowest BCUT2D eigenvalue weighted by atomic mass is 10.0. The van der Waals surface area contributed by atoms with Crippen molar-refractivity contribution >= 4 is 28.3 Å². The molecule has 0 aromatic heterocycles. The van der Waals surface area contributed by atoms with Gasteiger partial charge in [-0.2, -0.15) is 0 Å². The number of halogens is 1. The maximum atomic E-state index is 12.3. The Morgan fingerprint density at radius 1 is 1.12 bits per heavy atom. The lowest BCUT2D eigenvalue weighted by Gasteiger charge is -2.18. The average Bonchev–Trinajstić information content (AvgIpc) is 2.62. The maximum absolute atomic E-state index is 12.3. The third-order valence-electron chi connectivity index (χ3n) is 3.93. The van der Waals surface area contributed by atoms with Gasteiger partial charge < -0.3 is 11.1 Å². The molecule has 0 aliphatic rings. The lowest BCUT2D eigenvalue weighted by Crippen LogP contribution is -2.43. The van der Waals surface area contributed by atoms with Gasteiger partial charge in [0.15, 0.2) is 0 Å². The fourth-order valence-electron chi connectivity index (χ4n) is 2.43. The average molecular weight is 398 g/mol. The van der Waals surface area contributed by atoms with Crippen LogP contribution in [0, 0.1) is 0 Å². The number of sulfonamides is 1. The Labute approximate surface area is 160 Å². The molecule has 2 rings (SSSR count). The molecule has 2 aromatic carbocycles. The Morgan fingerprint density at radius 3 is 2.38 bits per heavy atom. The first kappa shape index (κ1) is 22.1. The van der Waals surface area contributed by atoms with Gasteiger partial charge >= 0.3 is 0 Å². The third-order valence-corrected chi connectivity index (χ3v) is 5.34. The van der Waals surface area contributed by atoms with Crippen molar-refractivity contribution in [1.82, 2.24) is 10.0 Å². The second-order valence-electron chi connectivity index (χ2n) is 5.81. The summed E-state index contributed by atoms with van der Waals surface area (Å²) in [5.41, 5.74) is 7.66. The number of benzene rings is 2. The van der Waals surface area contributed by atoms with Crippen LogP contribution >= 0.6 is 12.4 Å². The minimum atomic E-state index is -3.53. The van der Waals surface area contributed by atoms with E-state index >= 15 is 0 Å². The SMILES string of the molecule is CNS(=O)(=O)c1cccc(C(C)NC(=O)[C@@H](N)Cc2ccccc2)c1.Cl. The van der Waals surface area contributed by atoms with Crippen molar-refractivity contribution in [1.29, 1.82) is 0 Å². The van der Waals surface area contributed by atoms with Crippen molar-refractivity contribution in [3.05, 3.63) is 65.7 Å². The third kappa shape index (κ3) is 5.81. The summed E-state index contributed by atoms with van der Waals surface area (Å²) < 4.78 is 26.1. The molecule has 4 N–H and O–H groups in total. The first-order valence-electron chi connectivity index (χ1n) is 7.97. The van der Waals surface area contributed by atoms with Crippen LogP contribution in [0.4, 0.5) is 0 Å². The molecular weight excluding hydrogens is 374 g/mol. The number of amides is 1. The van der Waals surface area contributed by atoms with Gasteiger partial charge in [-0.05, 0) is 43.7 Å². The van der Waals surface area contributed by atoms with Crippen LogP contribution in [0.25, 0.3) is 0 Å². The predicted octanol–water partition coefficient (Wildman–Crippen LogP) is 1.76. The highest BCUT2D eigenvalue weighted by molar-refractivity contribution is 7.89. The Morgan fingerprint density at radius 2 is 1.77 bits per heavy atom. The van der Waals surface area contributed by atoms with E-state index in [0.717, 1.165) is 5.56 Å². The van der Waals surface area contributed by atoms with Crippen molar-refractivity contribution in [2.45, 2.75) is 30.3 Å². The van der Waals surface area contributed by atoms with Crippen molar-refractivity contribution in [2.24, 2.45) is 5.73 Å². The van der Waals surface area contributed by atoms with Crippen LogP contribution in [-0.4, -0.2) is 27.4 Å². The Kier molecular flexibility index (Phi) is 8.23. The molecule has 6 nitrogen and oxygen atoms in total. The topological polar surface area (TPSA) is 101 Å². The molecule has 1 amide bonds. The molecule has 8 heteroatoms. The summed E-state index contributed by atoms with van der Waals surface area (Å²) in [7, 11) is -2.17. The standard InChI is InChI=1S/C18H23N3O3S.ClH/c1-13(15-9-6-10-16(12-15)25(23,24)20-2)21-18(22)17(19)11-14-7-4-3-5-8-14;/h3-10,12-13,17,20H,11,19H2,1-2H3,(H,21,22);1H/t13?,17-;/m0./s1. The number of carbonyl (C=O) groups is 1. The number of hydrogen-bond donors (Lipinski definition) is 3. The molecule has 0 spiro atoms. The van der Waals surface area contributed by atoms with Gasteiger partial charge in [-0.3, -0.25) is 4.79 Å². The fourth-order valence-corrected chi connectivity index (χ4v) is 3.22. The summed E-state index contributed by atoms with van der Waals surface area (Å²) in [4.78, 5) is 12.5. The van der Waals surface area contributed by atoms with Gasteiger partial charge in [0.1, 0.15) is 0 Å². The van der Waals surface area contributed by atoms with E-state index in [1.165, 1.54) is 13.1 Å². The quantitative estimate of drug-likeness (QED) is 0.662. The summed E-state index contributed by atoms with van der Waals surface area (Å²) in [6.07, 6.45) is 0.438. The number of hydrogen-bond acceptors (Lipinski definition) is 4. The molecule has 0 aliphatic heterocycles. The highest BCUT2D eigenvalue weighted by Gasteiger charge is 2.18. The van der Waals surface area contributed by atoms with Crippen molar-refractivity contribution in [3.63, 3.8) is 0 Å². The monoisotopic (exact) mass is 397 g/mol. The van der Waals surface area contributed by atoms with Crippen molar-refractivity contribution in [2.75, 3.05) is 7.05 Å². The molecule has 0 saturated heterocycles. The first-order chi connectivity index (χ1) is 11.8. The molecule has 0 heterocycles. The van der Waals surface area contributed by atoms with E-state index in [1.54, 1.807) is 25.1 Å². The molecule has 26 heavy (non-hydrogen) atoms. The Balaban J connectivity index is 0.00000338. The number of rotatable bonds is 7. The molecule has 142 valence electrons. The first-order valence-corrected chi connectivity index (χ1v) is 9.45. The molecule has 1 unspecified atom stereocenters. The van der Waals surface area contributed by atoms with Crippen LogP contribution in [0.5, 0.6) is 0 Å². The van der Waals surface area contributed by atoms with Gasteiger partial charge in [-0.25, -0.2) is 13.1 Å². The van der Waals surface area contributed by atoms with E-state index in [2.05, 4.69) is 10.0 Å². The summed E-state index contributed by atoms with van der Waals surface area (Å²) in [5.74, 6) is -0.279.